The highest BCUT2D eigenvalue weighted by Gasteiger charge is 2.50. The molecule has 0 aliphatic carbocycles. The van der Waals surface area contributed by atoms with Gasteiger partial charge >= 0.3 is 12.1 Å². The third-order valence-electron chi connectivity index (χ3n) is 8.15. The second-order valence-electron chi connectivity index (χ2n) is 10.9. The summed E-state index contributed by atoms with van der Waals surface area (Å²) in [5.74, 6) is -3.22. The summed E-state index contributed by atoms with van der Waals surface area (Å²) < 4.78 is 43.8. The van der Waals surface area contributed by atoms with Gasteiger partial charge in [0.15, 0.2) is 11.9 Å². The summed E-state index contributed by atoms with van der Waals surface area (Å²) in [6.07, 6.45) is -2.04. The number of rotatable bonds is 8. The van der Waals surface area contributed by atoms with Crippen molar-refractivity contribution >= 4 is 17.8 Å². The van der Waals surface area contributed by atoms with E-state index >= 15 is 0 Å². The van der Waals surface area contributed by atoms with Gasteiger partial charge < -0.3 is 34.0 Å². The first-order chi connectivity index (χ1) is 20.4. The molecule has 230 valence electrons. The number of quaternary nitrogens is 1. The van der Waals surface area contributed by atoms with Gasteiger partial charge in [0.2, 0.25) is 5.60 Å². The molecule has 1 atom stereocenters. The molecule has 3 saturated heterocycles. The van der Waals surface area contributed by atoms with Crippen LogP contribution in [-0.4, -0.2) is 72.4 Å². The number of piperidine rings is 3. The average Bonchev–Trinajstić information content (AvgIpc) is 3.43. The number of fused-ring (bicyclic) bond motifs is 3. The molecule has 43 heavy (non-hydrogen) atoms. The van der Waals surface area contributed by atoms with Crippen molar-refractivity contribution in [3.63, 3.8) is 0 Å². The lowest BCUT2D eigenvalue weighted by Gasteiger charge is -2.52. The fourth-order valence-corrected chi connectivity index (χ4v) is 5.75. The molecule has 0 radical (unpaired) electrons. The monoisotopic (exact) mass is 602 g/mol. The lowest BCUT2D eigenvalue weighted by Crippen LogP contribution is -2.66. The number of ether oxygens (including phenoxy) is 1. The van der Waals surface area contributed by atoms with E-state index in [0.29, 0.717) is 30.0 Å². The van der Waals surface area contributed by atoms with E-state index in [1.54, 1.807) is 30.3 Å². The molecule has 2 aromatic carbocycles. The molecule has 0 spiro atoms. The molecule has 9 nitrogen and oxygen atoms in total. The fraction of sp³-hybridized carbons (Fsp3) is 0.387. The number of carboxylic acids is 1. The number of nitrogens with zero attached hydrogens (tertiary/aromatic N) is 1. The van der Waals surface area contributed by atoms with Crippen LogP contribution >= 0.6 is 0 Å². The van der Waals surface area contributed by atoms with Gasteiger partial charge in [-0.25, -0.2) is 4.79 Å². The van der Waals surface area contributed by atoms with Crippen molar-refractivity contribution in [2.75, 3.05) is 32.7 Å². The zero-order chi connectivity index (χ0) is 31.3. The molecule has 0 saturated carbocycles. The van der Waals surface area contributed by atoms with Gasteiger partial charge in [0, 0.05) is 24.3 Å². The van der Waals surface area contributed by atoms with E-state index in [2.05, 4.69) is 5.32 Å². The highest BCUT2D eigenvalue weighted by atomic mass is 19.4. The Hall–Kier alpha value is -4.16. The van der Waals surface area contributed by atoms with E-state index < -0.39 is 23.7 Å². The number of carbonyl (C=O) groups excluding carboxylic acids is 3. The van der Waals surface area contributed by atoms with Crippen molar-refractivity contribution in [1.29, 1.82) is 0 Å². The fourth-order valence-electron chi connectivity index (χ4n) is 5.75. The van der Waals surface area contributed by atoms with Gasteiger partial charge in [0.05, 0.1) is 32.4 Å². The number of esters is 1. The zero-order valence-electron chi connectivity index (χ0n) is 23.5. The summed E-state index contributed by atoms with van der Waals surface area (Å²) in [6.45, 7) is 5.80. The van der Waals surface area contributed by atoms with E-state index in [1.807, 2.05) is 43.3 Å². The molecule has 3 fully saturated rings. The third-order valence-corrected chi connectivity index (χ3v) is 8.15. The minimum atomic E-state index is -5.19. The van der Waals surface area contributed by atoms with Gasteiger partial charge in [0.25, 0.3) is 5.91 Å². The van der Waals surface area contributed by atoms with Crippen molar-refractivity contribution in [2.45, 2.75) is 37.6 Å². The van der Waals surface area contributed by atoms with Gasteiger partial charge in [0.1, 0.15) is 12.5 Å². The molecule has 2 bridgehead atoms. The van der Waals surface area contributed by atoms with Crippen LogP contribution in [0.1, 0.15) is 40.1 Å². The van der Waals surface area contributed by atoms with Gasteiger partial charge in [-0.1, -0.05) is 60.7 Å². The molecule has 6 rings (SSSR count). The first-order valence-electron chi connectivity index (χ1n) is 13.9. The number of amides is 1. The minimum Gasteiger partial charge on any atom is -0.542 e. The van der Waals surface area contributed by atoms with E-state index in [1.165, 1.54) is 6.26 Å². The van der Waals surface area contributed by atoms with Crippen LogP contribution in [0.5, 0.6) is 0 Å². The second kappa shape index (κ2) is 13.0. The Morgan fingerprint density at radius 1 is 1.00 bits per heavy atom. The predicted molar refractivity (Wildman–Crippen MR) is 145 cm³/mol. The standard InChI is InChI=1S/C29H32N2O5.C2HF3O2/c1-21-14-19-35-26(21)27(32)30-15-18-31-16-12-22(13-17-31)25(20-31)36-28(33)29(34,23-8-4-2-5-9-23)24-10-6-3-7-11-24;3-2(4,5)1(6)7/h2-11,14,19,22,25,34H,12-13,15-18,20H2,1H3;(H,6,7)/t22?,25-,31?;/m0./s1. The Bertz CT molecular complexity index is 1360. The summed E-state index contributed by atoms with van der Waals surface area (Å²) in [4.78, 5) is 34.9. The highest BCUT2D eigenvalue weighted by Crippen LogP contribution is 2.38. The van der Waals surface area contributed by atoms with Crippen LogP contribution in [0.15, 0.2) is 77.4 Å². The molecule has 0 unspecified atom stereocenters. The first kappa shape index (κ1) is 31.8. The van der Waals surface area contributed by atoms with Crippen molar-refractivity contribution in [3.05, 3.63) is 95.4 Å². The molecule has 3 aromatic rings. The van der Waals surface area contributed by atoms with Crippen LogP contribution < -0.4 is 10.4 Å². The number of carbonyl (C=O) groups is 3. The molecule has 4 heterocycles. The number of alkyl halides is 3. The van der Waals surface area contributed by atoms with Crippen LogP contribution in [0.3, 0.4) is 0 Å². The highest BCUT2D eigenvalue weighted by molar-refractivity contribution is 5.92. The molecule has 12 heteroatoms. The zero-order valence-corrected chi connectivity index (χ0v) is 23.5. The maximum Gasteiger partial charge on any atom is 0.430 e. The quantitative estimate of drug-likeness (QED) is 0.300. The average molecular weight is 603 g/mol. The summed E-state index contributed by atoms with van der Waals surface area (Å²) in [5.41, 5.74) is -0.0898. The van der Waals surface area contributed by atoms with E-state index in [0.717, 1.165) is 42.5 Å². The Morgan fingerprint density at radius 3 is 2.00 bits per heavy atom. The number of hydrogen-bond acceptors (Lipinski definition) is 7. The number of aliphatic hydroxyl groups is 1. The third kappa shape index (κ3) is 7.26. The number of halogens is 3. The van der Waals surface area contributed by atoms with Crippen LogP contribution in [0.2, 0.25) is 0 Å². The van der Waals surface area contributed by atoms with Crippen LogP contribution in [0.4, 0.5) is 13.2 Å². The Labute approximate surface area is 246 Å². The lowest BCUT2D eigenvalue weighted by molar-refractivity contribution is -0.945. The summed E-state index contributed by atoms with van der Waals surface area (Å²) in [6, 6.07) is 19.7. The topological polar surface area (TPSA) is 129 Å². The number of aliphatic carboxylic acids is 1. The number of furan rings is 1. The smallest absolute Gasteiger partial charge is 0.430 e. The Kier molecular flexibility index (Phi) is 9.61. The Morgan fingerprint density at radius 2 is 1.53 bits per heavy atom. The summed E-state index contributed by atoms with van der Waals surface area (Å²) in [7, 11) is 0. The van der Waals surface area contributed by atoms with E-state index in [-0.39, 0.29) is 17.9 Å². The minimum absolute atomic E-state index is 0.207. The summed E-state index contributed by atoms with van der Waals surface area (Å²) >= 11 is 0. The Balaban J connectivity index is 0.000000541. The molecule has 1 amide bonds. The molecule has 1 aromatic heterocycles. The molecule has 2 N–H and O–H groups in total. The van der Waals surface area contributed by atoms with Crippen LogP contribution in [0.25, 0.3) is 0 Å². The van der Waals surface area contributed by atoms with Gasteiger partial charge in [-0.2, -0.15) is 13.2 Å². The molecular formula is C31H33F3N2O7. The van der Waals surface area contributed by atoms with Crippen LogP contribution in [-0.2, 0) is 19.9 Å². The van der Waals surface area contributed by atoms with Gasteiger partial charge in [-0.3, -0.25) is 4.79 Å². The van der Waals surface area contributed by atoms with Gasteiger partial charge in [-0.15, -0.1) is 0 Å². The molecule has 3 aliphatic heterocycles. The van der Waals surface area contributed by atoms with Crippen molar-refractivity contribution in [1.82, 2.24) is 5.32 Å². The SMILES string of the molecule is Cc1ccoc1C(=O)NCC[N+]12CCC(CC1)[C@@H](OC(=O)C(O)(c1ccccc1)c1ccccc1)C2.O=C([O-])C(F)(F)F. The normalized spacial score (nSPS) is 21.3. The lowest BCUT2D eigenvalue weighted by atomic mass is 9.82. The van der Waals surface area contributed by atoms with Crippen LogP contribution in [0, 0.1) is 12.8 Å². The van der Waals surface area contributed by atoms with E-state index in [9.17, 15) is 27.9 Å². The number of benzene rings is 2. The van der Waals surface area contributed by atoms with Gasteiger partial charge in [-0.05, 0) is 24.1 Å². The van der Waals surface area contributed by atoms with Crippen molar-refractivity contribution in [2.24, 2.45) is 5.92 Å². The largest absolute Gasteiger partial charge is 0.542 e. The maximum absolute atomic E-state index is 13.6. The summed E-state index contributed by atoms with van der Waals surface area (Å²) in [5, 5.41) is 23.5. The first-order valence-corrected chi connectivity index (χ1v) is 13.9. The number of carboxylic acid groups (broad SMARTS) is 1. The number of hydrogen-bond donors (Lipinski definition) is 2. The van der Waals surface area contributed by atoms with Crippen molar-refractivity contribution < 1.29 is 51.4 Å². The molecular weight excluding hydrogens is 569 g/mol. The van der Waals surface area contributed by atoms with Crippen molar-refractivity contribution in [3.8, 4) is 0 Å². The van der Waals surface area contributed by atoms with E-state index in [4.69, 9.17) is 19.1 Å². The second-order valence-corrected chi connectivity index (χ2v) is 10.9. The molecule has 3 aliphatic rings. The predicted octanol–water partition coefficient (Wildman–Crippen LogP) is 2.70. The number of nitrogens with one attached hydrogen (secondary N) is 1. The maximum atomic E-state index is 13.6. The number of aryl methyl sites for hydroxylation is 1.